The fourth-order valence-electron chi connectivity index (χ4n) is 0.679. The second-order valence-electron chi connectivity index (χ2n) is 2.05. The van der Waals surface area contributed by atoms with Gasteiger partial charge in [-0.2, -0.15) is 0 Å². The van der Waals surface area contributed by atoms with E-state index >= 15 is 0 Å². The third-order valence-electron chi connectivity index (χ3n) is 1.31. The van der Waals surface area contributed by atoms with E-state index in [1.807, 2.05) is 13.8 Å². The first-order chi connectivity index (χ1) is 5.76. The van der Waals surface area contributed by atoms with Gasteiger partial charge in [0.25, 0.3) is 0 Å². The van der Waals surface area contributed by atoms with Crippen molar-refractivity contribution in [1.82, 2.24) is 15.9 Å². The first-order valence-electron chi connectivity index (χ1n) is 3.84. The van der Waals surface area contributed by atoms with Crippen molar-refractivity contribution >= 4 is 0 Å². The summed E-state index contributed by atoms with van der Waals surface area (Å²) in [6.45, 7) is 5.06. The maximum atomic E-state index is 11.0. The number of nitrogens with zero attached hydrogens (tertiary/aromatic N) is 2. The van der Waals surface area contributed by atoms with Gasteiger partial charge < -0.3 is 9.94 Å². The molecule has 0 rings (SSSR count). The van der Waals surface area contributed by atoms with E-state index in [-0.39, 0.29) is 6.79 Å². The topological polar surface area (TPSA) is 60.0 Å². The monoisotopic (exact) mass is 178 g/mol. The standard InChI is InChI=1S/C6H16N3O3/c1-4-8(5-2)9(10)7-12-6-11-3/h7H,4-6H2,1-3H3/q-1. The Hall–Kier alpha value is -0.240. The van der Waals surface area contributed by atoms with Crippen LogP contribution >= 0.6 is 0 Å². The molecule has 0 aliphatic rings. The fraction of sp³-hybridized carbons (Fsp3) is 1.00. The summed E-state index contributed by atoms with van der Waals surface area (Å²) in [5, 5.41) is 13.1. The molecule has 0 aliphatic heterocycles. The molecule has 0 aliphatic carbocycles. The van der Waals surface area contributed by atoms with Crippen LogP contribution in [0.5, 0.6) is 0 Å². The van der Waals surface area contributed by atoms with Gasteiger partial charge in [-0.05, 0) is 0 Å². The molecule has 0 saturated carbocycles. The molecule has 0 aromatic rings. The summed E-state index contributed by atoms with van der Waals surface area (Å²) in [5.74, 6) is 0. The lowest BCUT2D eigenvalue weighted by Gasteiger charge is -2.37. The normalized spacial score (nSPS) is 11.5. The van der Waals surface area contributed by atoms with Crippen LogP contribution in [0.4, 0.5) is 0 Å². The van der Waals surface area contributed by atoms with E-state index in [1.165, 1.54) is 12.1 Å². The molecule has 1 N–H and O–H groups in total. The van der Waals surface area contributed by atoms with Crippen molar-refractivity contribution in [2.24, 2.45) is 0 Å². The molecule has 0 aromatic heterocycles. The molecular weight excluding hydrogens is 162 g/mol. The zero-order chi connectivity index (χ0) is 9.40. The van der Waals surface area contributed by atoms with Crippen molar-refractivity contribution in [1.29, 1.82) is 0 Å². The van der Waals surface area contributed by atoms with Crippen LogP contribution < -0.4 is 5.59 Å². The molecule has 0 unspecified atom stereocenters. The van der Waals surface area contributed by atoms with Gasteiger partial charge in [-0.15, -0.1) is 5.59 Å². The molecule has 0 radical (unpaired) electrons. The molecule has 12 heavy (non-hydrogen) atoms. The molecule has 74 valence electrons. The van der Waals surface area contributed by atoms with Gasteiger partial charge in [0.1, 0.15) is 0 Å². The molecule has 0 saturated heterocycles. The van der Waals surface area contributed by atoms with Gasteiger partial charge >= 0.3 is 0 Å². The minimum absolute atomic E-state index is 0.0417. The molecule has 0 fully saturated rings. The average molecular weight is 178 g/mol. The van der Waals surface area contributed by atoms with Gasteiger partial charge in [0, 0.05) is 20.2 Å². The summed E-state index contributed by atoms with van der Waals surface area (Å²) in [7, 11) is 1.48. The predicted octanol–water partition coefficient (Wildman–Crippen LogP) is 0.0831. The highest BCUT2D eigenvalue weighted by Gasteiger charge is 1.99. The second kappa shape index (κ2) is 7.41. The lowest BCUT2D eigenvalue weighted by molar-refractivity contribution is -0.196. The van der Waals surface area contributed by atoms with Crippen molar-refractivity contribution in [3.63, 3.8) is 0 Å². The fourth-order valence-corrected chi connectivity index (χ4v) is 0.679. The van der Waals surface area contributed by atoms with Gasteiger partial charge in [0.05, 0.1) is 0 Å². The number of hydrogen-bond acceptors (Lipinski definition) is 6. The number of rotatable bonds is 7. The van der Waals surface area contributed by atoms with E-state index in [4.69, 9.17) is 0 Å². The Morgan fingerprint density at radius 2 is 1.92 bits per heavy atom. The Bertz CT molecular complexity index is 100. The number of ether oxygens (including phenoxy) is 1. The number of nitrogens with one attached hydrogen (secondary N) is 1. The van der Waals surface area contributed by atoms with Gasteiger partial charge in [-0.25, -0.2) is 10.3 Å². The van der Waals surface area contributed by atoms with E-state index < -0.39 is 0 Å². The van der Waals surface area contributed by atoms with E-state index in [0.717, 1.165) is 0 Å². The van der Waals surface area contributed by atoms with E-state index in [0.29, 0.717) is 18.4 Å². The zero-order valence-electron chi connectivity index (χ0n) is 7.74. The third-order valence-corrected chi connectivity index (χ3v) is 1.31. The summed E-state index contributed by atoms with van der Waals surface area (Å²) >= 11 is 0. The summed E-state index contributed by atoms with van der Waals surface area (Å²) in [5.41, 5.74) is 2.16. The molecule has 6 nitrogen and oxygen atoms in total. The molecule has 0 bridgehead atoms. The first kappa shape index (κ1) is 11.8. The number of hydrogen-bond donors (Lipinski definition) is 1. The summed E-state index contributed by atoms with van der Waals surface area (Å²) in [4.78, 5) is 4.63. The quantitative estimate of drug-likeness (QED) is 0.338. The minimum atomic E-state index is 0.0417. The van der Waals surface area contributed by atoms with Crippen LogP contribution in [0.2, 0.25) is 0 Å². The van der Waals surface area contributed by atoms with Gasteiger partial charge in [-0.1, -0.05) is 13.8 Å². The largest absolute Gasteiger partial charge is 0.756 e. The summed E-state index contributed by atoms with van der Waals surface area (Å²) < 4.78 is 4.57. The Kier molecular flexibility index (Phi) is 7.26. The van der Waals surface area contributed by atoms with Gasteiger partial charge in [-0.3, -0.25) is 4.84 Å². The Morgan fingerprint density at radius 1 is 1.33 bits per heavy atom. The highest BCUT2D eigenvalue weighted by atomic mass is 16.8. The molecular formula is C6H16N3O3-. The van der Waals surface area contributed by atoms with Crippen molar-refractivity contribution in [3.8, 4) is 0 Å². The van der Waals surface area contributed by atoms with Crippen molar-refractivity contribution < 1.29 is 9.57 Å². The van der Waals surface area contributed by atoms with Crippen LogP contribution in [0.1, 0.15) is 13.8 Å². The maximum absolute atomic E-state index is 11.0. The lowest BCUT2D eigenvalue weighted by atomic mass is 10.6. The van der Waals surface area contributed by atoms with Crippen LogP contribution in [-0.4, -0.2) is 37.3 Å². The van der Waals surface area contributed by atoms with Gasteiger partial charge in [0.15, 0.2) is 6.79 Å². The first-order valence-corrected chi connectivity index (χ1v) is 3.84. The molecule has 0 atom stereocenters. The number of hydrazine groups is 2. The Morgan fingerprint density at radius 3 is 2.33 bits per heavy atom. The highest BCUT2D eigenvalue weighted by Crippen LogP contribution is 1.90. The van der Waals surface area contributed by atoms with E-state index in [1.54, 1.807) is 0 Å². The Balaban J connectivity index is 3.47. The smallest absolute Gasteiger partial charge is 0.168 e. The van der Waals surface area contributed by atoms with Crippen LogP contribution in [0.15, 0.2) is 0 Å². The van der Waals surface area contributed by atoms with Crippen LogP contribution in [0.3, 0.4) is 0 Å². The lowest BCUT2D eigenvalue weighted by Crippen LogP contribution is -2.47. The molecule has 6 heteroatoms. The van der Waals surface area contributed by atoms with Gasteiger partial charge in [0.2, 0.25) is 0 Å². The van der Waals surface area contributed by atoms with Crippen LogP contribution in [0, 0.1) is 5.21 Å². The summed E-state index contributed by atoms with van der Waals surface area (Å²) in [6.07, 6.45) is 0. The second-order valence-corrected chi connectivity index (χ2v) is 2.05. The molecule has 0 heterocycles. The minimum Gasteiger partial charge on any atom is -0.756 e. The van der Waals surface area contributed by atoms with Crippen molar-refractivity contribution in [2.45, 2.75) is 13.8 Å². The maximum Gasteiger partial charge on any atom is 0.168 e. The predicted molar refractivity (Wildman–Crippen MR) is 44.2 cm³/mol. The number of methoxy groups -OCH3 is 1. The molecule has 0 aromatic carbocycles. The zero-order valence-corrected chi connectivity index (χ0v) is 7.74. The molecule has 0 amide bonds. The third kappa shape index (κ3) is 4.60. The SMILES string of the molecule is CCN(CC)N([O-])NOCOC. The van der Waals surface area contributed by atoms with E-state index in [2.05, 4.69) is 15.2 Å². The van der Waals surface area contributed by atoms with Crippen molar-refractivity contribution in [2.75, 3.05) is 27.0 Å². The Labute approximate surface area is 72.5 Å². The van der Waals surface area contributed by atoms with Crippen molar-refractivity contribution in [3.05, 3.63) is 5.21 Å². The van der Waals surface area contributed by atoms with Crippen LogP contribution in [0.25, 0.3) is 0 Å². The highest BCUT2D eigenvalue weighted by molar-refractivity contribution is 4.44. The van der Waals surface area contributed by atoms with Crippen LogP contribution in [-0.2, 0) is 9.57 Å². The molecule has 0 spiro atoms. The van der Waals surface area contributed by atoms with E-state index in [9.17, 15) is 5.21 Å². The average Bonchev–Trinajstić information content (AvgIpc) is 2.07. The summed E-state index contributed by atoms with van der Waals surface area (Å²) in [6, 6.07) is 0.